The van der Waals surface area contributed by atoms with Crippen molar-refractivity contribution < 1.29 is 4.74 Å². The summed E-state index contributed by atoms with van der Waals surface area (Å²) in [5, 5.41) is 8.47. The number of rotatable bonds is 5. The average Bonchev–Trinajstić information content (AvgIpc) is 2.70. The summed E-state index contributed by atoms with van der Waals surface area (Å²) in [7, 11) is 3.52. The van der Waals surface area contributed by atoms with E-state index in [1.807, 2.05) is 26.1 Å². The van der Waals surface area contributed by atoms with Gasteiger partial charge in [0.2, 0.25) is 0 Å². The zero-order valence-corrected chi connectivity index (χ0v) is 13.0. The van der Waals surface area contributed by atoms with E-state index in [9.17, 15) is 0 Å². The summed E-state index contributed by atoms with van der Waals surface area (Å²) in [6.07, 6.45) is 0. The van der Waals surface area contributed by atoms with Crippen molar-refractivity contribution in [1.29, 1.82) is 0 Å². The van der Waals surface area contributed by atoms with Gasteiger partial charge in [-0.15, -0.1) is 0 Å². The number of methoxy groups -OCH3 is 1. The Morgan fingerprint density at radius 3 is 2.50 bits per heavy atom. The fourth-order valence-corrected chi connectivity index (χ4v) is 2.38. The summed E-state index contributed by atoms with van der Waals surface area (Å²) in [5.74, 6) is 0.868. The molecule has 0 radical (unpaired) electrons. The lowest BCUT2D eigenvalue weighted by Crippen LogP contribution is -2.18. The van der Waals surface area contributed by atoms with Crippen molar-refractivity contribution >= 4 is 11.6 Å². The lowest BCUT2D eigenvalue weighted by atomic mass is 10.1. The van der Waals surface area contributed by atoms with E-state index in [0.29, 0.717) is 11.7 Å². The molecule has 1 aromatic heterocycles. The maximum Gasteiger partial charge on any atom is 0.131 e. The zero-order chi connectivity index (χ0) is 14.7. The molecular weight excluding hydrogens is 274 g/mol. The molecule has 5 heteroatoms. The predicted molar refractivity (Wildman–Crippen MR) is 81.2 cm³/mol. The van der Waals surface area contributed by atoms with Gasteiger partial charge in [-0.05, 0) is 31.5 Å². The molecule has 1 heterocycles. The highest BCUT2D eigenvalue weighted by Crippen LogP contribution is 2.21. The number of nitrogens with one attached hydrogen (secondary N) is 1. The molecule has 0 saturated heterocycles. The van der Waals surface area contributed by atoms with Gasteiger partial charge < -0.3 is 10.1 Å². The van der Waals surface area contributed by atoms with Crippen LogP contribution in [0.2, 0.25) is 5.15 Å². The molecule has 0 amide bonds. The first-order valence-corrected chi connectivity index (χ1v) is 6.96. The lowest BCUT2D eigenvalue weighted by molar-refractivity contribution is 0.414. The Morgan fingerprint density at radius 1 is 1.35 bits per heavy atom. The van der Waals surface area contributed by atoms with Crippen molar-refractivity contribution in [2.24, 2.45) is 7.05 Å². The van der Waals surface area contributed by atoms with Crippen LogP contribution in [-0.4, -0.2) is 16.9 Å². The van der Waals surface area contributed by atoms with Gasteiger partial charge in [0.05, 0.1) is 12.8 Å². The van der Waals surface area contributed by atoms with Crippen molar-refractivity contribution in [3.8, 4) is 5.75 Å². The van der Waals surface area contributed by atoms with E-state index >= 15 is 0 Å². The molecule has 0 fully saturated rings. The lowest BCUT2D eigenvalue weighted by Gasteiger charge is -2.14. The number of aromatic nitrogens is 2. The molecule has 1 atom stereocenters. The Hall–Kier alpha value is -1.52. The van der Waals surface area contributed by atoms with Crippen LogP contribution in [0.25, 0.3) is 0 Å². The second kappa shape index (κ2) is 6.29. The third kappa shape index (κ3) is 3.14. The number of ether oxygens (including phenoxy) is 1. The third-order valence-electron chi connectivity index (χ3n) is 3.47. The van der Waals surface area contributed by atoms with E-state index in [0.717, 1.165) is 17.0 Å². The Bertz CT molecular complexity index is 578. The van der Waals surface area contributed by atoms with Crippen molar-refractivity contribution in [3.05, 3.63) is 46.2 Å². The summed E-state index contributed by atoms with van der Waals surface area (Å²) in [6, 6.07) is 8.30. The number of hydrogen-bond acceptors (Lipinski definition) is 3. The van der Waals surface area contributed by atoms with Crippen LogP contribution in [0.5, 0.6) is 5.75 Å². The summed E-state index contributed by atoms with van der Waals surface area (Å²) in [6.45, 7) is 4.80. The topological polar surface area (TPSA) is 39.1 Å². The van der Waals surface area contributed by atoms with E-state index in [2.05, 4.69) is 29.5 Å². The van der Waals surface area contributed by atoms with Gasteiger partial charge in [0.15, 0.2) is 0 Å². The quantitative estimate of drug-likeness (QED) is 0.920. The van der Waals surface area contributed by atoms with E-state index in [4.69, 9.17) is 16.3 Å². The largest absolute Gasteiger partial charge is 0.497 e. The summed E-state index contributed by atoms with van der Waals surface area (Å²) in [4.78, 5) is 0. The summed E-state index contributed by atoms with van der Waals surface area (Å²) in [5.41, 5.74) is 3.23. The van der Waals surface area contributed by atoms with Crippen LogP contribution in [-0.2, 0) is 13.6 Å². The van der Waals surface area contributed by atoms with E-state index < -0.39 is 0 Å². The molecular formula is C15H20ClN3O. The molecule has 1 aromatic carbocycles. The normalized spacial score (nSPS) is 12.4. The van der Waals surface area contributed by atoms with E-state index in [-0.39, 0.29) is 6.04 Å². The van der Waals surface area contributed by atoms with Crippen molar-refractivity contribution in [2.45, 2.75) is 26.4 Å². The molecule has 0 saturated carbocycles. The molecule has 0 unspecified atom stereocenters. The number of nitrogens with zero attached hydrogens (tertiary/aromatic N) is 2. The highest BCUT2D eigenvalue weighted by molar-refractivity contribution is 6.30. The van der Waals surface area contributed by atoms with Crippen LogP contribution in [0.3, 0.4) is 0 Å². The van der Waals surface area contributed by atoms with Gasteiger partial charge in [-0.3, -0.25) is 4.68 Å². The number of hydrogen-bond donors (Lipinski definition) is 1. The van der Waals surface area contributed by atoms with Crippen LogP contribution < -0.4 is 10.1 Å². The second-order valence-electron chi connectivity index (χ2n) is 4.85. The minimum absolute atomic E-state index is 0.233. The average molecular weight is 294 g/mol. The Labute approximate surface area is 124 Å². The smallest absolute Gasteiger partial charge is 0.131 e. The van der Waals surface area contributed by atoms with Gasteiger partial charge in [0.1, 0.15) is 10.9 Å². The van der Waals surface area contributed by atoms with Gasteiger partial charge in [-0.2, -0.15) is 5.10 Å². The van der Waals surface area contributed by atoms with E-state index in [1.165, 1.54) is 5.56 Å². The van der Waals surface area contributed by atoms with Gasteiger partial charge in [-0.1, -0.05) is 23.7 Å². The van der Waals surface area contributed by atoms with E-state index in [1.54, 1.807) is 11.8 Å². The Morgan fingerprint density at radius 2 is 2.00 bits per heavy atom. The molecule has 0 aliphatic heterocycles. The molecule has 0 bridgehead atoms. The van der Waals surface area contributed by atoms with Crippen molar-refractivity contribution in [1.82, 2.24) is 15.1 Å². The van der Waals surface area contributed by atoms with Gasteiger partial charge in [0.25, 0.3) is 0 Å². The molecule has 4 nitrogen and oxygen atoms in total. The monoisotopic (exact) mass is 293 g/mol. The minimum Gasteiger partial charge on any atom is -0.497 e. The molecule has 2 aromatic rings. The van der Waals surface area contributed by atoms with Crippen LogP contribution in [0, 0.1) is 6.92 Å². The molecule has 2 rings (SSSR count). The second-order valence-corrected chi connectivity index (χ2v) is 5.21. The fourth-order valence-electron chi connectivity index (χ4n) is 2.14. The van der Waals surface area contributed by atoms with Crippen LogP contribution in [0.1, 0.15) is 29.8 Å². The zero-order valence-electron chi connectivity index (χ0n) is 12.3. The van der Waals surface area contributed by atoms with Crippen molar-refractivity contribution in [2.75, 3.05) is 7.11 Å². The summed E-state index contributed by atoms with van der Waals surface area (Å²) < 4.78 is 6.86. The number of benzene rings is 1. The number of halogens is 1. The maximum atomic E-state index is 6.23. The SMILES string of the molecule is COc1ccc([C@H](C)NCc2c(C)nn(C)c2Cl)cc1. The molecule has 108 valence electrons. The molecule has 1 N–H and O–H groups in total. The maximum absolute atomic E-state index is 6.23. The van der Waals surface area contributed by atoms with Gasteiger partial charge >= 0.3 is 0 Å². The first-order chi connectivity index (χ1) is 9.52. The highest BCUT2D eigenvalue weighted by Gasteiger charge is 2.12. The van der Waals surface area contributed by atoms with Gasteiger partial charge in [0, 0.05) is 25.2 Å². The minimum atomic E-state index is 0.233. The predicted octanol–water partition coefficient (Wildman–Crippen LogP) is 3.24. The number of aryl methyl sites for hydroxylation is 2. The van der Waals surface area contributed by atoms with Crippen LogP contribution in [0.15, 0.2) is 24.3 Å². The Balaban J connectivity index is 2.02. The molecule has 20 heavy (non-hydrogen) atoms. The van der Waals surface area contributed by atoms with Crippen molar-refractivity contribution in [3.63, 3.8) is 0 Å². The first-order valence-electron chi connectivity index (χ1n) is 6.58. The fraction of sp³-hybridized carbons (Fsp3) is 0.400. The highest BCUT2D eigenvalue weighted by atomic mass is 35.5. The van der Waals surface area contributed by atoms with Crippen LogP contribution >= 0.6 is 11.6 Å². The molecule has 0 aliphatic rings. The van der Waals surface area contributed by atoms with Gasteiger partial charge in [-0.25, -0.2) is 0 Å². The Kier molecular flexibility index (Phi) is 4.68. The van der Waals surface area contributed by atoms with Crippen LogP contribution in [0.4, 0.5) is 0 Å². The standard InChI is InChI=1S/C15H20ClN3O/c1-10(12-5-7-13(20-4)8-6-12)17-9-14-11(2)18-19(3)15(14)16/h5-8,10,17H,9H2,1-4H3/t10-/m0/s1. The summed E-state index contributed by atoms with van der Waals surface area (Å²) >= 11 is 6.23. The third-order valence-corrected chi connectivity index (χ3v) is 3.94. The first kappa shape index (κ1) is 14.9. The molecule has 0 spiro atoms. The molecule has 0 aliphatic carbocycles.